The van der Waals surface area contributed by atoms with Crippen LogP contribution in [0.3, 0.4) is 0 Å². The van der Waals surface area contributed by atoms with Gasteiger partial charge in [0, 0.05) is 12.4 Å². The first-order valence-electron chi connectivity index (χ1n) is 6.84. The third-order valence-electron chi connectivity index (χ3n) is 2.65. The number of aromatic nitrogens is 3. The summed E-state index contributed by atoms with van der Waals surface area (Å²) in [6, 6.07) is 4.20. The maximum atomic E-state index is 4.64. The van der Waals surface area contributed by atoms with Crippen molar-refractivity contribution >= 4 is 11.5 Å². The molecule has 19 heavy (non-hydrogen) atoms. The van der Waals surface area contributed by atoms with E-state index in [0.717, 1.165) is 30.7 Å². The van der Waals surface area contributed by atoms with Crippen molar-refractivity contribution in [2.24, 2.45) is 0 Å². The fraction of sp³-hybridized carbons (Fsp3) is 0.571. The van der Waals surface area contributed by atoms with Gasteiger partial charge in [-0.15, -0.1) is 0 Å². The summed E-state index contributed by atoms with van der Waals surface area (Å²) in [5, 5.41) is 8.75. The molecule has 0 aliphatic rings. The summed E-state index contributed by atoms with van der Waals surface area (Å²) in [4.78, 5) is 4.44. The van der Waals surface area contributed by atoms with Crippen molar-refractivity contribution in [3.63, 3.8) is 0 Å². The molecule has 0 aromatic carbocycles. The van der Waals surface area contributed by atoms with Crippen molar-refractivity contribution < 1.29 is 58.2 Å². The van der Waals surface area contributed by atoms with Crippen LogP contribution in [0.4, 0.5) is 5.82 Å². The molecule has 0 aliphatic carbocycles. The van der Waals surface area contributed by atoms with E-state index in [1.165, 1.54) is 0 Å². The van der Waals surface area contributed by atoms with Crippen LogP contribution in [0.2, 0.25) is 0 Å². The van der Waals surface area contributed by atoms with Gasteiger partial charge in [-0.05, 0) is 18.2 Å². The second-order valence-corrected chi connectivity index (χ2v) is 3.90. The standard InChI is InChI=1S/C12H17N4.C2H6.Rb/c1-3-5-10(4-2)14-11-7-9-16-12(15-11)6-8-13-16;1-2;/h6-10H,3-5H2,1-2H3;1-2H3;/q-1;;+1. The zero-order chi connectivity index (χ0) is 13.4. The Morgan fingerprint density at radius 3 is 2.63 bits per heavy atom. The molecule has 0 spiro atoms. The van der Waals surface area contributed by atoms with Gasteiger partial charge in [-0.25, -0.2) is 4.52 Å². The Bertz CT molecular complexity index is 455. The monoisotopic (exact) mass is 332 g/mol. The van der Waals surface area contributed by atoms with E-state index in [9.17, 15) is 0 Å². The van der Waals surface area contributed by atoms with E-state index in [4.69, 9.17) is 0 Å². The third-order valence-corrected chi connectivity index (χ3v) is 2.65. The van der Waals surface area contributed by atoms with Crippen LogP contribution in [-0.4, -0.2) is 20.6 Å². The molecule has 2 heterocycles. The second-order valence-electron chi connectivity index (χ2n) is 3.90. The van der Waals surface area contributed by atoms with Crippen LogP contribution in [0.1, 0.15) is 47.0 Å². The maximum Gasteiger partial charge on any atom is 1.00 e. The first-order valence-corrected chi connectivity index (χ1v) is 6.84. The van der Waals surface area contributed by atoms with Crippen molar-refractivity contribution in [1.82, 2.24) is 14.6 Å². The topological polar surface area (TPSA) is 44.3 Å². The zero-order valence-corrected chi connectivity index (χ0v) is 17.7. The van der Waals surface area contributed by atoms with E-state index in [2.05, 4.69) is 29.2 Å². The van der Waals surface area contributed by atoms with Gasteiger partial charge in [-0.1, -0.05) is 52.8 Å². The molecule has 2 aromatic rings. The van der Waals surface area contributed by atoms with Crippen LogP contribution in [0.25, 0.3) is 11.0 Å². The molecule has 0 amide bonds. The Morgan fingerprint density at radius 1 is 1.26 bits per heavy atom. The molecule has 0 fully saturated rings. The third kappa shape index (κ3) is 6.02. The van der Waals surface area contributed by atoms with Crippen molar-refractivity contribution in [1.29, 1.82) is 0 Å². The smallest absolute Gasteiger partial charge is 0.462 e. The SMILES string of the molecule is CC.CCCC(CC)[N-]c1ccn2nccc2n1.[Rb+]. The Kier molecular flexibility index (Phi) is 11.1. The second kappa shape index (κ2) is 10.9. The van der Waals surface area contributed by atoms with Crippen molar-refractivity contribution in [2.75, 3.05) is 0 Å². The molecular weight excluding hydrogens is 310 g/mol. The quantitative estimate of drug-likeness (QED) is 0.829. The Hall–Kier alpha value is 0.225. The molecule has 1 atom stereocenters. The van der Waals surface area contributed by atoms with E-state index in [0.29, 0.717) is 6.04 Å². The number of rotatable bonds is 5. The van der Waals surface area contributed by atoms with E-state index in [1.54, 1.807) is 10.7 Å². The van der Waals surface area contributed by atoms with Crippen LogP contribution < -0.4 is 58.2 Å². The Labute approximate surface area is 165 Å². The number of hydrogen-bond donors (Lipinski definition) is 0. The van der Waals surface area contributed by atoms with Gasteiger partial charge in [-0.3, -0.25) is 0 Å². The van der Waals surface area contributed by atoms with Crippen LogP contribution >= 0.6 is 0 Å². The van der Waals surface area contributed by atoms with Gasteiger partial charge in [0.05, 0.1) is 5.65 Å². The molecular formula is C14H23N4Rb. The average Bonchev–Trinajstić information content (AvgIpc) is 2.88. The van der Waals surface area contributed by atoms with Gasteiger partial charge in [0.25, 0.3) is 0 Å². The molecule has 0 saturated carbocycles. The van der Waals surface area contributed by atoms with Gasteiger partial charge in [-0.2, -0.15) is 5.10 Å². The van der Waals surface area contributed by atoms with Crippen molar-refractivity contribution in [3.05, 3.63) is 29.8 Å². The number of hydrogen-bond acceptors (Lipinski definition) is 2. The summed E-state index contributed by atoms with van der Waals surface area (Å²) in [7, 11) is 0. The maximum absolute atomic E-state index is 4.64. The summed E-state index contributed by atoms with van der Waals surface area (Å²) in [6.07, 6.45) is 7.01. The Balaban J connectivity index is 0.00000103. The van der Waals surface area contributed by atoms with Crippen molar-refractivity contribution in [2.45, 2.75) is 53.0 Å². The molecule has 0 aliphatic heterocycles. The van der Waals surface area contributed by atoms with Crippen LogP contribution in [0, 0.1) is 0 Å². The molecule has 5 heteroatoms. The molecule has 0 N–H and O–H groups in total. The van der Waals surface area contributed by atoms with E-state index >= 15 is 0 Å². The van der Waals surface area contributed by atoms with Gasteiger partial charge >= 0.3 is 58.2 Å². The van der Waals surface area contributed by atoms with Crippen molar-refractivity contribution in [3.8, 4) is 0 Å². The molecule has 1 unspecified atom stereocenters. The summed E-state index contributed by atoms with van der Waals surface area (Å²) < 4.78 is 1.75. The fourth-order valence-electron chi connectivity index (χ4n) is 1.75. The minimum Gasteiger partial charge on any atom is -0.462 e. The summed E-state index contributed by atoms with van der Waals surface area (Å²) in [6.45, 7) is 8.35. The molecule has 0 bridgehead atoms. The van der Waals surface area contributed by atoms with E-state index in [1.807, 2.05) is 32.2 Å². The minimum absolute atomic E-state index is 0. The van der Waals surface area contributed by atoms with Crippen LogP contribution in [0.15, 0.2) is 24.5 Å². The molecule has 4 nitrogen and oxygen atoms in total. The zero-order valence-electron chi connectivity index (χ0n) is 12.8. The molecule has 0 saturated heterocycles. The predicted molar refractivity (Wildman–Crippen MR) is 76.3 cm³/mol. The number of fused-ring (bicyclic) bond motifs is 1. The molecule has 100 valence electrons. The summed E-state index contributed by atoms with van der Waals surface area (Å²) in [5.41, 5.74) is 0.854. The summed E-state index contributed by atoms with van der Waals surface area (Å²) >= 11 is 0. The first-order chi connectivity index (χ1) is 8.83. The summed E-state index contributed by atoms with van der Waals surface area (Å²) in [5.74, 6) is 0.813. The van der Waals surface area contributed by atoms with Gasteiger partial charge in [0.15, 0.2) is 0 Å². The fourth-order valence-corrected chi connectivity index (χ4v) is 1.75. The van der Waals surface area contributed by atoms with Crippen LogP contribution in [-0.2, 0) is 0 Å². The minimum atomic E-state index is 0. The van der Waals surface area contributed by atoms with E-state index in [-0.39, 0.29) is 58.2 Å². The first kappa shape index (κ1) is 19.2. The Morgan fingerprint density at radius 2 is 2.00 bits per heavy atom. The van der Waals surface area contributed by atoms with Gasteiger partial charge < -0.3 is 10.3 Å². The van der Waals surface area contributed by atoms with Crippen LogP contribution in [0.5, 0.6) is 0 Å². The normalized spacial score (nSPS) is 11.2. The largest absolute Gasteiger partial charge is 1.00 e. The molecule has 0 radical (unpaired) electrons. The van der Waals surface area contributed by atoms with Gasteiger partial charge in [0.1, 0.15) is 0 Å². The molecule has 2 rings (SSSR count). The number of nitrogens with zero attached hydrogens (tertiary/aromatic N) is 4. The van der Waals surface area contributed by atoms with Gasteiger partial charge in [0.2, 0.25) is 0 Å². The predicted octanol–water partition coefficient (Wildman–Crippen LogP) is 1.34. The van der Waals surface area contributed by atoms with E-state index < -0.39 is 0 Å². The molecule has 2 aromatic heterocycles. The average molecular weight is 333 g/mol.